The number of anilines is 1. The second-order valence-corrected chi connectivity index (χ2v) is 5.33. The Morgan fingerprint density at radius 2 is 2.05 bits per heavy atom. The number of amides is 1. The first-order valence-corrected chi connectivity index (χ1v) is 7.76. The Labute approximate surface area is 132 Å². The van der Waals surface area contributed by atoms with Crippen LogP contribution in [0, 0.1) is 0 Å². The number of hydrogen-bond acceptors (Lipinski definition) is 5. The number of fused-ring (bicyclic) bond motifs is 1. The molecular formula is C16H15N3O2S. The molecule has 1 aromatic heterocycles. The van der Waals surface area contributed by atoms with Gasteiger partial charge < -0.3 is 10.1 Å². The van der Waals surface area contributed by atoms with Gasteiger partial charge in [-0.05, 0) is 42.8 Å². The molecule has 0 aliphatic heterocycles. The Kier molecular flexibility index (Phi) is 4.29. The second-order valence-electron chi connectivity index (χ2n) is 4.80. The summed E-state index contributed by atoms with van der Waals surface area (Å²) < 4.78 is 13.9. The fourth-order valence-electron chi connectivity index (χ4n) is 2.01. The summed E-state index contributed by atoms with van der Waals surface area (Å²) >= 11 is 1.16. The normalized spacial score (nSPS) is 10.6. The molecule has 6 heteroatoms. The van der Waals surface area contributed by atoms with Gasteiger partial charge in [-0.25, -0.2) is 0 Å². The standard InChI is InChI=1S/C16H15N3O2S/c1-2-8-21-13-5-3-4-11(9-13)16(20)17-12-6-7-14-15(10-12)19-22-18-14/h3-7,9-10H,2,8H2,1H3,(H,17,20). The topological polar surface area (TPSA) is 64.1 Å². The highest BCUT2D eigenvalue weighted by Gasteiger charge is 2.08. The zero-order valence-electron chi connectivity index (χ0n) is 12.1. The molecular weight excluding hydrogens is 298 g/mol. The molecule has 0 bridgehead atoms. The predicted octanol–water partition coefficient (Wildman–Crippen LogP) is 3.73. The van der Waals surface area contributed by atoms with Crippen molar-refractivity contribution in [3.8, 4) is 5.75 Å². The number of aromatic nitrogens is 2. The summed E-state index contributed by atoms with van der Waals surface area (Å²) in [5.41, 5.74) is 2.87. The van der Waals surface area contributed by atoms with Gasteiger partial charge in [0.1, 0.15) is 16.8 Å². The van der Waals surface area contributed by atoms with E-state index in [1.807, 2.05) is 37.3 Å². The van der Waals surface area contributed by atoms with E-state index in [4.69, 9.17) is 4.74 Å². The first kappa shape index (κ1) is 14.5. The maximum absolute atomic E-state index is 12.3. The van der Waals surface area contributed by atoms with Gasteiger partial charge in [-0.1, -0.05) is 13.0 Å². The number of hydrogen-bond donors (Lipinski definition) is 1. The highest BCUT2D eigenvalue weighted by atomic mass is 32.1. The SMILES string of the molecule is CCCOc1cccc(C(=O)Nc2ccc3nsnc3c2)c1. The van der Waals surface area contributed by atoms with Crippen LogP contribution in [0.25, 0.3) is 11.0 Å². The van der Waals surface area contributed by atoms with Crippen molar-refractivity contribution in [2.75, 3.05) is 11.9 Å². The van der Waals surface area contributed by atoms with Gasteiger partial charge >= 0.3 is 0 Å². The van der Waals surface area contributed by atoms with Gasteiger partial charge in [0, 0.05) is 11.3 Å². The summed E-state index contributed by atoms with van der Waals surface area (Å²) in [5, 5.41) is 2.87. The van der Waals surface area contributed by atoms with Gasteiger partial charge in [-0.2, -0.15) is 8.75 Å². The minimum Gasteiger partial charge on any atom is -0.494 e. The maximum Gasteiger partial charge on any atom is 0.255 e. The molecule has 1 amide bonds. The van der Waals surface area contributed by atoms with Gasteiger partial charge in [0.25, 0.3) is 5.91 Å². The number of nitrogens with zero attached hydrogens (tertiary/aromatic N) is 2. The zero-order chi connectivity index (χ0) is 15.4. The van der Waals surface area contributed by atoms with Crippen LogP contribution in [0.2, 0.25) is 0 Å². The molecule has 0 saturated carbocycles. The van der Waals surface area contributed by atoms with Gasteiger partial charge in [0.2, 0.25) is 0 Å². The number of nitrogens with one attached hydrogen (secondary N) is 1. The Balaban J connectivity index is 1.75. The van der Waals surface area contributed by atoms with Gasteiger partial charge in [-0.15, -0.1) is 0 Å². The number of benzene rings is 2. The lowest BCUT2D eigenvalue weighted by atomic mass is 10.2. The summed E-state index contributed by atoms with van der Waals surface area (Å²) in [6, 6.07) is 12.6. The molecule has 112 valence electrons. The van der Waals surface area contributed by atoms with Crippen LogP contribution in [-0.4, -0.2) is 21.3 Å². The van der Waals surface area contributed by atoms with Crippen LogP contribution in [0.5, 0.6) is 5.75 Å². The van der Waals surface area contributed by atoms with E-state index < -0.39 is 0 Å². The fraction of sp³-hybridized carbons (Fsp3) is 0.188. The Morgan fingerprint density at radius 3 is 2.91 bits per heavy atom. The molecule has 0 unspecified atom stereocenters. The van der Waals surface area contributed by atoms with Crippen LogP contribution in [0.1, 0.15) is 23.7 Å². The fourth-order valence-corrected chi connectivity index (χ4v) is 2.53. The van der Waals surface area contributed by atoms with E-state index in [1.165, 1.54) is 0 Å². The van der Waals surface area contributed by atoms with Crippen molar-refractivity contribution in [1.82, 2.24) is 8.75 Å². The maximum atomic E-state index is 12.3. The summed E-state index contributed by atoms with van der Waals surface area (Å²) in [4.78, 5) is 12.3. The van der Waals surface area contributed by atoms with E-state index in [0.29, 0.717) is 23.6 Å². The van der Waals surface area contributed by atoms with Crippen molar-refractivity contribution in [2.24, 2.45) is 0 Å². The molecule has 3 rings (SSSR count). The quantitative estimate of drug-likeness (QED) is 0.779. The molecule has 0 fully saturated rings. The van der Waals surface area contributed by atoms with Crippen LogP contribution < -0.4 is 10.1 Å². The molecule has 3 aromatic rings. The minimum absolute atomic E-state index is 0.176. The number of carbonyl (C=O) groups is 1. The average molecular weight is 313 g/mol. The van der Waals surface area contributed by atoms with Crippen LogP contribution in [0.3, 0.4) is 0 Å². The van der Waals surface area contributed by atoms with Gasteiger partial charge in [0.05, 0.1) is 18.3 Å². The van der Waals surface area contributed by atoms with Crippen LogP contribution in [0.4, 0.5) is 5.69 Å². The molecule has 0 spiro atoms. The lowest BCUT2D eigenvalue weighted by Gasteiger charge is -2.08. The van der Waals surface area contributed by atoms with Crippen LogP contribution >= 0.6 is 11.7 Å². The third-order valence-corrected chi connectivity index (χ3v) is 3.64. The van der Waals surface area contributed by atoms with E-state index in [2.05, 4.69) is 14.1 Å². The molecule has 2 aromatic carbocycles. The second kappa shape index (κ2) is 6.53. The highest BCUT2D eigenvalue weighted by molar-refractivity contribution is 7.00. The Bertz CT molecular complexity index is 801. The van der Waals surface area contributed by atoms with Crippen molar-refractivity contribution in [1.29, 1.82) is 0 Å². The van der Waals surface area contributed by atoms with Crippen LogP contribution in [0.15, 0.2) is 42.5 Å². The van der Waals surface area contributed by atoms with Crippen molar-refractivity contribution >= 4 is 34.4 Å². The smallest absolute Gasteiger partial charge is 0.255 e. The molecule has 1 heterocycles. The lowest BCUT2D eigenvalue weighted by molar-refractivity contribution is 0.102. The summed E-state index contributed by atoms with van der Waals surface area (Å²) in [5.74, 6) is 0.526. The first-order valence-electron chi connectivity index (χ1n) is 7.03. The molecule has 0 aliphatic rings. The zero-order valence-corrected chi connectivity index (χ0v) is 12.9. The lowest BCUT2D eigenvalue weighted by Crippen LogP contribution is -2.12. The van der Waals surface area contributed by atoms with Gasteiger partial charge in [-0.3, -0.25) is 4.79 Å². The number of rotatable bonds is 5. The van der Waals surface area contributed by atoms with E-state index in [1.54, 1.807) is 12.1 Å². The molecule has 0 radical (unpaired) electrons. The minimum atomic E-state index is -0.176. The molecule has 0 atom stereocenters. The molecule has 5 nitrogen and oxygen atoms in total. The van der Waals surface area contributed by atoms with Crippen LogP contribution in [-0.2, 0) is 0 Å². The van der Waals surface area contributed by atoms with Crippen molar-refractivity contribution in [3.05, 3.63) is 48.0 Å². The third kappa shape index (κ3) is 3.23. The van der Waals surface area contributed by atoms with Gasteiger partial charge in [0.15, 0.2) is 0 Å². The van der Waals surface area contributed by atoms with Crippen molar-refractivity contribution in [2.45, 2.75) is 13.3 Å². The van der Waals surface area contributed by atoms with E-state index in [9.17, 15) is 4.79 Å². The van der Waals surface area contributed by atoms with E-state index >= 15 is 0 Å². The summed E-state index contributed by atoms with van der Waals surface area (Å²) in [6.07, 6.45) is 0.929. The first-order chi connectivity index (χ1) is 10.8. The average Bonchev–Trinajstić information content (AvgIpc) is 3.01. The predicted molar refractivity (Wildman–Crippen MR) is 87.6 cm³/mol. The highest BCUT2D eigenvalue weighted by Crippen LogP contribution is 2.19. The third-order valence-electron chi connectivity index (χ3n) is 3.08. The van der Waals surface area contributed by atoms with Crippen molar-refractivity contribution in [3.63, 3.8) is 0 Å². The Morgan fingerprint density at radius 1 is 1.18 bits per heavy atom. The molecule has 1 N–H and O–H groups in total. The monoisotopic (exact) mass is 313 g/mol. The van der Waals surface area contributed by atoms with E-state index in [-0.39, 0.29) is 5.91 Å². The Hall–Kier alpha value is -2.47. The number of carbonyl (C=O) groups excluding carboxylic acids is 1. The largest absolute Gasteiger partial charge is 0.494 e. The number of ether oxygens (including phenoxy) is 1. The molecule has 0 aliphatic carbocycles. The molecule has 22 heavy (non-hydrogen) atoms. The van der Waals surface area contributed by atoms with E-state index in [0.717, 1.165) is 29.2 Å². The summed E-state index contributed by atoms with van der Waals surface area (Å²) in [6.45, 7) is 2.68. The summed E-state index contributed by atoms with van der Waals surface area (Å²) in [7, 11) is 0. The molecule has 0 saturated heterocycles. The van der Waals surface area contributed by atoms with Crippen molar-refractivity contribution < 1.29 is 9.53 Å².